The third-order valence-corrected chi connectivity index (χ3v) is 1.95. The van der Waals surface area contributed by atoms with Gasteiger partial charge in [0.05, 0.1) is 11.2 Å². The van der Waals surface area contributed by atoms with E-state index >= 15 is 0 Å². The number of nitrogens with two attached hydrogens (primary N) is 1. The summed E-state index contributed by atoms with van der Waals surface area (Å²) in [6, 6.07) is 7.58. The van der Waals surface area contributed by atoms with Gasteiger partial charge in [0.2, 0.25) is 5.88 Å². The Labute approximate surface area is 88.6 Å². The molecule has 0 saturated carbocycles. The predicted molar refractivity (Wildman–Crippen MR) is 52.8 cm³/mol. The van der Waals surface area contributed by atoms with Gasteiger partial charge in [-0.05, 0) is 12.1 Å². The van der Waals surface area contributed by atoms with E-state index in [0.717, 1.165) is 6.07 Å². The molecule has 0 aliphatic carbocycles. The van der Waals surface area contributed by atoms with E-state index in [2.05, 4.69) is 9.72 Å². The highest BCUT2D eigenvalue weighted by Crippen LogP contribution is 2.25. The highest BCUT2D eigenvalue weighted by molar-refractivity contribution is 5.89. The fraction of sp³-hybridized carbons (Fsp3) is 0.100. The molecule has 0 fully saturated rings. The Morgan fingerprint density at radius 3 is 2.56 bits per heavy atom. The van der Waals surface area contributed by atoms with Crippen molar-refractivity contribution in [1.82, 2.24) is 4.98 Å². The number of benzene rings is 1. The van der Waals surface area contributed by atoms with Crippen molar-refractivity contribution in [2.24, 2.45) is 0 Å². The number of aromatic nitrogens is 1. The van der Waals surface area contributed by atoms with Crippen LogP contribution in [0.5, 0.6) is 5.88 Å². The molecule has 1 aromatic carbocycles. The molecule has 0 atom stereocenters. The summed E-state index contributed by atoms with van der Waals surface area (Å²) in [7, 11) is 0. The van der Waals surface area contributed by atoms with Crippen molar-refractivity contribution < 1.29 is 17.9 Å². The molecule has 0 spiro atoms. The Morgan fingerprint density at radius 2 is 1.88 bits per heavy atom. The second-order valence-electron chi connectivity index (χ2n) is 3.12. The zero-order valence-electron chi connectivity index (χ0n) is 7.95. The van der Waals surface area contributed by atoms with Crippen LogP contribution in [-0.2, 0) is 0 Å². The highest BCUT2D eigenvalue weighted by Gasteiger charge is 2.31. The van der Waals surface area contributed by atoms with Crippen LogP contribution in [0.25, 0.3) is 10.9 Å². The van der Waals surface area contributed by atoms with Crippen molar-refractivity contribution in [3.8, 4) is 5.88 Å². The van der Waals surface area contributed by atoms with Crippen LogP contribution in [-0.4, -0.2) is 11.3 Å². The molecule has 84 valence electrons. The summed E-state index contributed by atoms with van der Waals surface area (Å²) in [5.41, 5.74) is 6.20. The quantitative estimate of drug-likeness (QED) is 0.763. The third kappa shape index (κ3) is 2.16. The number of rotatable bonds is 1. The molecule has 0 bridgehead atoms. The van der Waals surface area contributed by atoms with E-state index in [4.69, 9.17) is 5.73 Å². The summed E-state index contributed by atoms with van der Waals surface area (Å²) in [6.45, 7) is 0. The number of fused-ring (bicyclic) bond motifs is 1. The number of nitrogens with zero attached hydrogens (tertiary/aromatic N) is 1. The Hall–Kier alpha value is -1.98. The molecule has 0 radical (unpaired) electrons. The highest BCUT2D eigenvalue weighted by atomic mass is 19.4. The van der Waals surface area contributed by atoms with E-state index in [1.165, 1.54) is 6.07 Å². The Balaban J connectivity index is 2.47. The zero-order valence-corrected chi connectivity index (χ0v) is 7.95. The van der Waals surface area contributed by atoms with Crippen molar-refractivity contribution >= 4 is 16.6 Å². The van der Waals surface area contributed by atoms with Gasteiger partial charge in [-0.2, -0.15) is 0 Å². The van der Waals surface area contributed by atoms with Gasteiger partial charge in [0, 0.05) is 11.5 Å². The van der Waals surface area contributed by atoms with Crippen molar-refractivity contribution in [3.63, 3.8) is 0 Å². The Morgan fingerprint density at radius 1 is 1.12 bits per heavy atom. The number of anilines is 1. The molecule has 0 aliphatic heterocycles. The van der Waals surface area contributed by atoms with Crippen molar-refractivity contribution in [1.29, 1.82) is 0 Å². The van der Waals surface area contributed by atoms with E-state index in [1.54, 1.807) is 18.2 Å². The van der Waals surface area contributed by atoms with Crippen LogP contribution in [0.3, 0.4) is 0 Å². The molecule has 0 unspecified atom stereocenters. The lowest BCUT2D eigenvalue weighted by molar-refractivity contribution is -0.276. The second kappa shape index (κ2) is 3.55. The summed E-state index contributed by atoms with van der Waals surface area (Å²) >= 11 is 0. The number of para-hydroxylation sites is 1. The lowest BCUT2D eigenvalue weighted by Gasteiger charge is -2.08. The molecule has 2 N–H and O–H groups in total. The first-order valence-corrected chi connectivity index (χ1v) is 4.37. The summed E-state index contributed by atoms with van der Waals surface area (Å²) in [4.78, 5) is 3.69. The van der Waals surface area contributed by atoms with Gasteiger partial charge in [-0.1, -0.05) is 12.1 Å². The van der Waals surface area contributed by atoms with E-state index in [0.29, 0.717) is 16.6 Å². The summed E-state index contributed by atoms with van der Waals surface area (Å²) in [5.74, 6) is -0.516. The largest absolute Gasteiger partial charge is 0.574 e. The molecule has 3 nitrogen and oxygen atoms in total. The maximum atomic E-state index is 11.9. The third-order valence-electron chi connectivity index (χ3n) is 1.95. The lowest BCUT2D eigenvalue weighted by atomic mass is 10.2. The summed E-state index contributed by atoms with van der Waals surface area (Å²) in [5, 5.41) is 0.662. The second-order valence-corrected chi connectivity index (χ2v) is 3.12. The average molecular weight is 228 g/mol. The van der Waals surface area contributed by atoms with Gasteiger partial charge >= 0.3 is 6.36 Å². The SMILES string of the molecule is Nc1cccc2ccc(OC(F)(F)F)nc12. The first-order chi connectivity index (χ1) is 7.46. The normalized spacial score (nSPS) is 11.7. The minimum absolute atomic E-state index is 0.296. The molecule has 0 saturated heterocycles. The first-order valence-electron chi connectivity index (χ1n) is 4.37. The Bertz CT molecular complexity index is 525. The fourth-order valence-electron chi connectivity index (χ4n) is 1.33. The van der Waals surface area contributed by atoms with Gasteiger partial charge in [-0.15, -0.1) is 13.2 Å². The minimum Gasteiger partial charge on any atom is -0.397 e. The van der Waals surface area contributed by atoms with Crippen LogP contribution in [0, 0.1) is 0 Å². The molecule has 1 aromatic heterocycles. The number of pyridine rings is 1. The minimum atomic E-state index is -4.75. The molecule has 2 aromatic rings. The zero-order chi connectivity index (χ0) is 11.8. The number of ether oxygens (including phenoxy) is 1. The van der Waals surface area contributed by atoms with Gasteiger partial charge in [0.1, 0.15) is 0 Å². The number of nitrogen functional groups attached to an aromatic ring is 1. The molecule has 2 rings (SSSR count). The van der Waals surface area contributed by atoms with E-state index < -0.39 is 12.2 Å². The van der Waals surface area contributed by atoms with Crippen LogP contribution in [0.1, 0.15) is 0 Å². The Kier molecular flexibility index (Phi) is 2.34. The number of halogens is 3. The fourth-order valence-corrected chi connectivity index (χ4v) is 1.33. The lowest BCUT2D eigenvalue weighted by Crippen LogP contribution is -2.17. The predicted octanol–water partition coefficient (Wildman–Crippen LogP) is 2.72. The summed E-state index contributed by atoms with van der Waals surface area (Å²) < 4.78 is 39.5. The maximum Gasteiger partial charge on any atom is 0.574 e. The molecule has 6 heteroatoms. The van der Waals surface area contributed by atoms with Crippen LogP contribution >= 0.6 is 0 Å². The molecule has 1 heterocycles. The van der Waals surface area contributed by atoms with Crippen molar-refractivity contribution in [2.45, 2.75) is 6.36 Å². The molecule has 16 heavy (non-hydrogen) atoms. The molecular weight excluding hydrogens is 221 g/mol. The van der Waals surface area contributed by atoms with Gasteiger partial charge in [0.15, 0.2) is 0 Å². The van der Waals surface area contributed by atoms with Gasteiger partial charge in [0.25, 0.3) is 0 Å². The molecule has 0 amide bonds. The van der Waals surface area contributed by atoms with E-state index in [1.807, 2.05) is 0 Å². The molecule has 0 aliphatic rings. The average Bonchev–Trinajstić information content (AvgIpc) is 2.17. The number of alkyl halides is 3. The maximum absolute atomic E-state index is 11.9. The number of hydrogen-bond acceptors (Lipinski definition) is 3. The van der Waals surface area contributed by atoms with Gasteiger partial charge in [-0.3, -0.25) is 0 Å². The van der Waals surface area contributed by atoms with E-state index in [-0.39, 0.29) is 0 Å². The first kappa shape index (κ1) is 10.5. The van der Waals surface area contributed by atoms with E-state index in [9.17, 15) is 13.2 Å². The van der Waals surface area contributed by atoms with Crippen LogP contribution in [0.15, 0.2) is 30.3 Å². The van der Waals surface area contributed by atoms with Crippen LogP contribution in [0.4, 0.5) is 18.9 Å². The van der Waals surface area contributed by atoms with Gasteiger partial charge < -0.3 is 10.5 Å². The smallest absolute Gasteiger partial charge is 0.397 e. The van der Waals surface area contributed by atoms with Crippen LogP contribution in [0.2, 0.25) is 0 Å². The van der Waals surface area contributed by atoms with Crippen molar-refractivity contribution in [3.05, 3.63) is 30.3 Å². The van der Waals surface area contributed by atoms with Crippen molar-refractivity contribution in [2.75, 3.05) is 5.73 Å². The molecular formula is C10H7F3N2O. The summed E-state index contributed by atoms with van der Waals surface area (Å²) in [6.07, 6.45) is -4.75. The topological polar surface area (TPSA) is 48.1 Å². The van der Waals surface area contributed by atoms with Gasteiger partial charge in [-0.25, -0.2) is 4.98 Å². The number of hydrogen-bond donors (Lipinski definition) is 1. The standard InChI is InChI=1S/C10H7F3N2O/c11-10(12,13)16-8-5-4-6-2-1-3-7(14)9(6)15-8/h1-5H,14H2. The monoisotopic (exact) mass is 228 g/mol. The van der Waals surface area contributed by atoms with Crippen LogP contribution < -0.4 is 10.5 Å².